The molecule has 0 N–H and O–H groups in total. The minimum absolute atomic E-state index is 0.0166. The number of hydrogen-bond donors (Lipinski definition) is 0. The topological polar surface area (TPSA) is 20.3 Å². The maximum atomic E-state index is 13.8. The van der Waals surface area contributed by atoms with E-state index in [2.05, 4.69) is 17.0 Å². The summed E-state index contributed by atoms with van der Waals surface area (Å²) < 4.78 is 13.8. The molecule has 0 spiro atoms. The van der Waals surface area contributed by atoms with Crippen molar-refractivity contribution in [3.63, 3.8) is 0 Å². The summed E-state index contributed by atoms with van der Waals surface area (Å²) in [6.07, 6.45) is 0. The summed E-state index contributed by atoms with van der Waals surface area (Å²) in [5.41, 5.74) is 2.07. The van der Waals surface area contributed by atoms with E-state index in [9.17, 15) is 9.18 Å². The fourth-order valence-electron chi connectivity index (χ4n) is 3.35. The van der Waals surface area contributed by atoms with Gasteiger partial charge in [-0.3, -0.25) is 9.69 Å². The SMILES string of the molecule is CC(=O)[C@H]1CN(Cc2ccccc2)C[C@@H]1c1ccc(Cl)c(F)c1. The zero-order chi connectivity index (χ0) is 16.4. The third kappa shape index (κ3) is 3.62. The largest absolute Gasteiger partial charge is 0.300 e. The Labute approximate surface area is 140 Å². The Balaban J connectivity index is 1.81. The summed E-state index contributed by atoms with van der Waals surface area (Å²) in [7, 11) is 0. The Kier molecular flexibility index (Phi) is 4.79. The highest BCUT2D eigenvalue weighted by atomic mass is 35.5. The summed E-state index contributed by atoms with van der Waals surface area (Å²) in [6.45, 7) is 3.88. The number of hydrogen-bond acceptors (Lipinski definition) is 2. The van der Waals surface area contributed by atoms with Crippen LogP contribution in [0.4, 0.5) is 4.39 Å². The van der Waals surface area contributed by atoms with Gasteiger partial charge in [-0.15, -0.1) is 0 Å². The first-order valence-corrected chi connectivity index (χ1v) is 8.14. The van der Waals surface area contributed by atoms with Crippen molar-refractivity contribution < 1.29 is 9.18 Å². The molecule has 1 saturated heterocycles. The first kappa shape index (κ1) is 16.2. The molecule has 0 bridgehead atoms. The van der Waals surface area contributed by atoms with Gasteiger partial charge in [0.05, 0.1) is 5.02 Å². The number of rotatable bonds is 4. The second-order valence-corrected chi connectivity index (χ2v) is 6.58. The van der Waals surface area contributed by atoms with Crippen molar-refractivity contribution in [2.45, 2.75) is 19.4 Å². The van der Waals surface area contributed by atoms with Crippen LogP contribution in [0.25, 0.3) is 0 Å². The predicted molar refractivity (Wildman–Crippen MR) is 90.0 cm³/mol. The Hall–Kier alpha value is -1.71. The number of Topliss-reactive ketones (excluding diaryl/α,β-unsaturated/α-hetero) is 1. The van der Waals surface area contributed by atoms with Gasteiger partial charge in [-0.05, 0) is 30.2 Å². The number of benzene rings is 2. The van der Waals surface area contributed by atoms with Crippen molar-refractivity contribution in [1.29, 1.82) is 0 Å². The van der Waals surface area contributed by atoms with Gasteiger partial charge in [0.25, 0.3) is 0 Å². The van der Waals surface area contributed by atoms with Crippen LogP contribution in [-0.4, -0.2) is 23.8 Å². The molecule has 2 nitrogen and oxygen atoms in total. The second-order valence-electron chi connectivity index (χ2n) is 6.18. The third-order valence-corrected chi connectivity index (χ3v) is 4.84. The van der Waals surface area contributed by atoms with Gasteiger partial charge in [-0.2, -0.15) is 0 Å². The quantitative estimate of drug-likeness (QED) is 0.833. The van der Waals surface area contributed by atoms with E-state index in [4.69, 9.17) is 11.6 Å². The lowest BCUT2D eigenvalue weighted by atomic mass is 9.86. The summed E-state index contributed by atoms with van der Waals surface area (Å²) in [6, 6.07) is 15.1. The number of nitrogens with zero attached hydrogens (tertiary/aromatic N) is 1. The van der Waals surface area contributed by atoms with Crippen LogP contribution in [0.5, 0.6) is 0 Å². The highest BCUT2D eigenvalue weighted by Gasteiger charge is 2.36. The molecule has 0 aromatic heterocycles. The number of carbonyl (C=O) groups is 1. The lowest BCUT2D eigenvalue weighted by molar-refractivity contribution is -0.120. The van der Waals surface area contributed by atoms with Gasteiger partial charge >= 0.3 is 0 Å². The zero-order valence-electron chi connectivity index (χ0n) is 13.0. The van der Waals surface area contributed by atoms with Crippen molar-refractivity contribution in [3.8, 4) is 0 Å². The second kappa shape index (κ2) is 6.81. The van der Waals surface area contributed by atoms with E-state index in [-0.39, 0.29) is 22.6 Å². The minimum atomic E-state index is -0.423. The van der Waals surface area contributed by atoms with E-state index in [0.29, 0.717) is 6.54 Å². The Morgan fingerprint density at radius 3 is 2.61 bits per heavy atom. The molecule has 2 atom stereocenters. The first-order valence-electron chi connectivity index (χ1n) is 7.76. The molecular formula is C19H19ClFNO. The average molecular weight is 332 g/mol. The monoisotopic (exact) mass is 331 g/mol. The van der Waals surface area contributed by atoms with Crippen molar-refractivity contribution in [2.75, 3.05) is 13.1 Å². The normalized spacial score (nSPS) is 21.5. The Bertz CT molecular complexity index is 704. The fraction of sp³-hybridized carbons (Fsp3) is 0.316. The van der Waals surface area contributed by atoms with Crippen LogP contribution >= 0.6 is 11.6 Å². The van der Waals surface area contributed by atoms with Gasteiger partial charge in [0.15, 0.2) is 0 Å². The van der Waals surface area contributed by atoms with Crippen LogP contribution < -0.4 is 0 Å². The molecule has 120 valence electrons. The first-order chi connectivity index (χ1) is 11.0. The van der Waals surface area contributed by atoms with Gasteiger partial charge < -0.3 is 0 Å². The number of halogens is 2. The van der Waals surface area contributed by atoms with Crippen LogP contribution in [0.2, 0.25) is 5.02 Å². The van der Waals surface area contributed by atoms with Gasteiger partial charge in [0.1, 0.15) is 11.6 Å². The van der Waals surface area contributed by atoms with Crippen molar-refractivity contribution in [1.82, 2.24) is 4.90 Å². The van der Waals surface area contributed by atoms with Crippen LogP contribution in [-0.2, 0) is 11.3 Å². The minimum Gasteiger partial charge on any atom is -0.300 e. The number of carbonyl (C=O) groups excluding carboxylic acids is 1. The van der Waals surface area contributed by atoms with E-state index < -0.39 is 5.82 Å². The molecule has 23 heavy (non-hydrogen) atoms. The highest BCUT2D eigenvalue weighted by Crippen LogP contribution is 2.35. The van der Waals surface area contributed by atoms with Crippen LogP contribution in [0.3, 0.4) is 0 Å². The molecule has 0 radical (unpaired) electrons. The molecule has 2 aromatic carbocycles. The summed E-state index contributed by atoms with van der Waals surface area (Å²) in [5.74, 6) is -0.351. The van der Waals surface area contributed by atoms with Gasteiger partial charge in [-0.25, -0.2) is 4.39 Å². The Morgan fingerprint density at radius 2 is 1.96 bits per heavy atom. The lowest BCUT2D eigenvalue weighted by Crippen LogP contribution is -2.22. The molecular weight excluding hydrogens is 313 g/mol. The third-order valence-electron chi connectivity index (χ3n) is 4.54. The predicted octanol–water partition coefficient (Wildman–Crippen LogP) is 4.28. The molecule has 0 saturated carbocycles. The lowest BCUT2D eigenvalue weighted by Gasteiger charge is -2.17. The fourth-order valence-corrected chi connectivity index (χ4v) is 3.47. The summed E-state index contributed by atoms with van der Waals surface area (Å²) >= 11 is 5.77. The van der Waals surface area contributed by atoms with Crippen molar-refractivity contribution >= 4 is 17.4 Å². The zero-order valence-corrected chi connectivity index (χ0v) is 13.8. The van der Waals surface area contributed by atoms with Gasteiger partial charge in [0, 0.05) is 31.5 Å². The molecule has 1 aliphatic heterocycles. The maximum absolute atomic E-state index is 13.8. The molecule has 4 heteroatoms. The maximum Gasteiger partial charge on any atom is 0.142 e. The van der Waals surface area contributed by atoms with E-state index in [1.54, 1.807) is 13.0 Å². The molecule has 1 heterocycles. The van der Waals surface area contributed by atoms with E-state index in [1.165, 1.54) is 11.6 Å². The van der Waals surface area contributed by atoms with E-state index in [1.807, 2.05) is 24.3 Å². The highest BCUT2D eigenvalue weighted by molar-refractivity contribution is 6.30. The van der Waals surface area contributed by atoms with E-state index in [0.717, 1.165) is 18.7 Å². The molecule has 3 rings (SSSR count). The molecule has 0 amide bonds. The standard InChI is InChI=1S/C19H19ClFNO/c1-13(23)16-11-22(10-14-5-3-2-4-6-14)12-17(16)15-7-8-18(20)19(21)9-15/h2-9,16-17H,10-12H2,1H3/t16-,17-/m1/s1. The van der Waals surface area contributed by atoms with Crippen LogP contribution in [0.1, 0.15) is 24.0 Å². The summed E-state index contributed by atoms with van der Waals surface area (Å²) in [4.78, 5) is 14.3. The smallest absolute Gasteiger partial charge is 0.142 e. The number of ketones is 1. The molecule has 2 aromatic rings. The molecule has 0 unspecified atom stereocenters. The average Bonchev–Trinajstić information content (AvgIpc) is 2.95. The van der Waals surface area contributed by atoms with Gasteiger partial charge in [-0.1, -0.05) is 48.0 Å². The van der Waals surface area contributed by atoms with Gasteiger partial charge in [0.2, 0.25) is 0 Å². The molecule has 0 aliphatic carbocycles. The van der Waals surface area contributed by atoms with Crippen molar-refractivity contribution in [2.24, 2.45) is 5.92 Å². The van der Waals surface area contributed by atoms with E-state index >= 15 is 0 Å². The van der Waals surface area contributed by atoms with Crippen LogP contribution in [0.15, 0.2) is 48.5 Å². The molecule has 1 fully saturated rings. The molecule has 1 aliphatic rings. The number of likely N-dealkylation sites (tertiary alicyclic amines) is 1. The summed E-state index contributed by atoms with van der Waals surface area (Å²) in [5, 5.41) is 0.118. The Morgan fingerprint density at radius 1 is 1.22 bits per heavy atom. The van der Waals surface area contributed by atoms with Crippen molar-refractivity contribution in [3.05, 3.63) is 70.5 Å². The van der Waals surface area contributed by atoms with Crippen LogP contribution in [0, 0.1) is 11.7 Å².